The van der Waals surface area contributed by atoms with Crippen molar-refractivity contribution < 1.29 is 19.4 Å². The molecule has 1 N–H and O–H groups in total. The van der Waals surface area contributed by atoms with E-state index in [1.165, 1.54) is 7.11 Å². The van der Waals surface area contributed by atoms with Crippen molar-refractivity contribution >= 4 is 5.97 Å². The molecule has 0 aromatic carbocycles. The largest absolute Gasteiger partial charge is 0.467 e. The number of aliphatic hydroxyl groups is 1. The minimum Gasteiger partial charge on any atom is -0.467 e. The molecule has 1 saturated heterocycles. The van der Waals surface area contributed by atoms with E-state index in [9.17, 15) is 9.90 Å². The lowest BCUT2D eigenvalue weighted by Gasteiger charge is -2.29. The molecule has 0 aromatic rings. The number of ether oxygens (including phenoxy) is 2. The monoisotopic (exact) mass is 216 g/mol. The lowest BCUT2D eigenvalue weighted by Crippen LogP contribution is -2.40. The van der Waals surface area contributed by atoms with Crippen LogP contribution >= 0.6 is 0 Å². The van der Waals surface area contributed by atoms with E-state index in [2.05, 4.69) is 4.74 Å². The van der Waals surface area contributed by atoms with Crippen LogP contribution in [0, 0.1) is 5.92 Å². The number of esters is 1. The summed E-state index contributed by atoms with van der Waals surface area (Å²) in [5.74, 6) is -0.811. The van der Waals surface area contributed by atoms with E-state index in [-0.39, 0.29) is 11.5 Å². The van der Waals surface area contributed by atoms with Gasteiger partial charge in [0.1, 0.15) is 0 Å². The smallest absolute Gasteiger partial charge is 0.335 e. The van der Waals surface area contributed by atoms with Gasteiger partial charge in [-0.1, -0.05) is 0 Å². The number of hydrogen-bond donors (Lipinski definition) is 1. The Morgan fingerprint density at radius 2 is 2.00 bits per heavy atom. The summed E-state index contributed by atoms with van der Waals surface area (Å²) in [6.07, 6.45) is -0.456. The van der Waals surface area contributed by atoms with Crippen LogP contribution in [-0.2, 0) is 14.3 Å². The first-order valence-corrected chi connectivity index (χ1v) is 5.16. The molecule has 0 spiro atoms. The third-order valence-corrected chi connectivity index (χ3v) is 2.97. The Labute approximate surface area is 90.6 Å². The Balaban J connectivity index is 2.82. The summed E-state index contributed by atoms with van der Waals surface area (Å²) in [4.78, 5) is 11.3. The molecule has 1 rings (SSSR count). The standard InChI is InChI=1S/C11H20O4/c1-10(2)6-7(11(3,4)15-10)8(12)9(13)14-5/h7-8,12H,6H2,1-5H3. The third kappa shape index (κ3) is 2.49. The Kier molecular flexibility index (Phi) is 3.12. The summed E-state index contributed by atoms with van der Waals surface area (Å²) < 4.78 is 10.3. The fourth-order valence-corrected chi connectivity index (χ4v) is 2.38. The number of carbonyl (C=O) groups is 1. The molecule has 1 fully saturated rings. The topological polar surface area (TPSA) is 55.8 Å². The van der Waals surface area contributed by atoms with Crippen molar-refractivity contribution in [3.05, 3.63) is 0 Å². The predicted molar refractivity (Wildman–Crippen MR) is 55.4 cm³/mol. The van der Waals surface area contributed by atoms with Gasteiger partial charge < -0.3 is 14.6 Å². The quantitative estimate of drug-likeness (QED) is 0.703. The van der Waals surface area contributed by atoms with Crippen molar-refractivity contribution in [1.29, 1.82) is 0 Å². The summed E-state index contributed by atoms with van der Waals surface area (Å²) in [6.45, 7) is 7.69. The van der Waals surface area contributed by atoms with Gasteiger partial charge in [0.05, 0.1) is 18.3 Å². The Morgan fingerprint density at radius 3 is 2.33 bits per heavy atom. The fraction of sp³-hybridized carbons (Fsp3) is 0.909. The van der Waals surface area contributed by atoms with E-state index < -0.39 is 17.7 Å². The summed E-state index contributed by atoms with van der Waals surface area (Å²) >= 11 is 0. The van der Waals surface area contributed by atoms with Gasteiger partial charge in [0, 0.05) is 5.92 Å². The molecule has 0 bridgehead atoms. The van der Waals surface area contributed by atoms with Gasteiger partial charge in [0.25, 0.3) is 0 Å². The van der Waals surface area contributed by atoms with Gasteiger partial charge in [-0.25, -0.2) is 4.79 Å². The van der Waals surface area contributed by atoms with Crippen LogP contribution in [0.15, 0.2) is 0 Å². The molecule has 0 aromatic heterocycles. The van der Waals surface area contributed by atoms with E-state index in [1.807, 2.05) is 27.7 Å². The van der Waals surface area contributed by atoms with Crippen LogP contribution in [0.3, 0.4) is 0 Å². The van der Waals surface area contributed by atoms with Crippen LogP contribution in [0.4, 0.5) is 0 Å². The van der Waals surface area contributed by atoms with E-state index in [4.69, 9.17) is 4.74 Å². The lowest BCUT2D eigenvalue weighted by molar-refractivity contribution is -0.158. The molecule has 4 heteroatoms. The number of carbonyl (C=O) groups excluding carboxylic acids is 1. The van der Waals surface area contributed by atoms with Crippen LogP contribution in [-0.4, -0.2) is 35.5 Å². The normalized spacial score (nSPS) is 29.9. The molecule has 1 heterocycles. The number of rotatable bonds is 2. The van der Waals surface area contributed by atoms with Gasteiger partial charge in [-0.05, 0) is 34.1 Å². The molecular formula is C11H20O4. The molecule has 0 amide bonds. The first kappa shape index (κ1) is 12.5. The molecule has 4 nitrogen and oxygen atoms in total. The highest BCUT2D eigenvalue weighted by Crippen LogP contribution is 2.43. The van der Waals surface area contributed by atoms with Crippen molar-refractivity contribution in [3.8, 4) is 0 Å². The van der Waals surface area contributed by atoms with Crippen LogP contribution in [0.2, 0.25) is 0 Å². The van der Waals surface area contributed by atoms with Gasteiger partial charge in [-0.3, -0.25) is 0 Å². The minimum absolute atomic E-state index is 0.222. The van der Waals surface area contributed by atoms with Crippen LogP contribution in [0.25, 0.3) is 0 Å². The van der Waals surface area contributed by atoms with E-state index >= 15 is 0 Å². The van der Waals surface area contributed by atoms with Gasteiger partial charge in [-0.2, -0.15) is 0 Å². The minimum atomic E-state index is -1.10. The molecule has 2 atom stereocenters. The van der Waals surface area contributed by atoms with Gasteiger partial charge >= 0.3 is 5.97 Å². The fourth-order valence-electron chi connectivity index (χ4n) is 2.38. The average Bonchev–Trinajstić information content (AvgIpc) is 2.31. The maximum Gasteiger partial charge on any atom is 0.335 e. The second-order valence-electron chi connectivity index (χ2n) is 5.24. The first-order chi connectivity index (χ1) is 6.69. The first-order valence-electron chi connectivity index (χ1n) is 5.16. The summed E-state index contributed by atoms with van der Waals surface area (Å²) in [6, 6.07) is 0. The molecule has 0 aliphatic carbocycles. The molecular weight excluding hydrogens is 196 g/mol. The predicted octanol–water partition coefficient (Wildman–Crippen LogP) is 1.11. The van der Waals surface area contributed by atoms with Gasteiger partial charge in [-0.15, -0.1) is 0 Å². The second kappa shape index (κ2) is 3.76. The Hall–Kier alpha value is -0.610. The highest BCUT2D eigenvalue weighted by atomic mass is 16.5. The molecule has 1 aliphatic rings. The molecule has 2 unspecified atom stereocenters. The van der Waals surface area contributed by atoms with Crippen molar-refractivity contribution in [2.45, 2.75) is 51.4 Å². The highest BCUT2D eigenvalue weighted by molar-refractivity contribution is 5.74. The molecule has 0 radical (unpaired) electrons. The van der Waals surface area contributed by atoms with E-state index in [0.29, 0.717) is 6.42 Å². The van der Waals surface area contributed by atoms with Gasteiger partial charge in [0.15, 0.2) is 6.10 Å². The van der Waals surface area contributed by atoms with Crippen molar-refractivity contribution in [1.82, 2.24) is 0 Å². The number of aliphatic hydroxyl groups excluding tert-OH is 1. The van der Waals surface area contributed by atoms with Gasteiger partial charge in [0.2, 0.25) is 0 Å². The Morgan fingerprint density at radius 1 is 1.47 bits per heavy atom. The van der Waals surface area contributed by atoms with Crippen molar-refractivity contribution in [3.63, 3.8) is 0 Å². The maximum atomic E-state index is 11.3. The molecule has 1 aliphatic heterocycles. The maximum absolute atomic E-state index is 11.3. The van der Waals surface area contributed by atoms with Crippen molar-refractivity contribution in [2.24, 2.45) is 5.92 Å². The van der Waals surface area contributed by atoms with E-state index in [1.54, 1.807) is 0 Å². The summed E-state index contributed by atoms with van der Waals surface area (Å²) in [7, 11) is 1.28. The lowest BCUT2D eigenvalue weighted by atomic mass is 9.83. The summed E-state index contributed by atoms with van der Waals surface area (Å²) in [5, 5.41) is 9.83. The SMILES string of the molecule is COC(=O)C(O)C1CC(C)(C)OC1(C)C. The van der Waals surface area contributed by atoms with Crippen LogP contribution in [0.1, 0.15) is 34.1 Å². The van der Waals surface area contributed by atoms with E-state index in [0.717, 1.165) is 0 Å². The Bertz CT molecular complexity index is 257. The second-order valence-corrected chi connectivity index (χ2v) is 5.24. The van der Waals surface area contributed by atoms with Crippen LogP contribution in [0.5, 0.6) is 0 Å². The molecule has 88 valence electrons. The van der Waals surface area contributed by atoms with Crippen molar-refractivity contribution in [2.75, 3.05) is 7.11 Å². The highest BCUT2D eigenvalue weighted by Gasteiger charge is 2.50. The zero-order valence-corrected chi connectivity index (χ0v) is 10.0. The number of methoxy groups -OCH3 is 1. The summed E-state index contributed by atoms with van der Waals surface area (Å²) in [5.41, 5.74) is -0.805. The zero-order chi connectivity index (χ0) is 11.9. The van der Waals surface area contributed by atoms with Crippen LogP contribution < -0.4 is 0 Å². The average molecular weight is 216 g/mol. The molecule has 0 saturated carbocycles. The zero-order valence-electron chi connectivity index (χ0n) is 10.0. The third-order valence-electron chi connectivity index (χ3n) is 2.97. The molecule has 15 heavy (non-hydrogen) atoms. The number of hydrogen-bond acceptors (Lipinski definition) is 4.